The molecular formula is C11H17NO3. The molecule has 0 radical (unpaired) electrons. The first kappa shape index (κ1) is 10.5. The topological polar surface area (TPSA) is 66.4 Å². The van der Waals surface area contributed by atoms with E-state index in [9.17, 15) is 9.59 Å². The molecule has 4 heteroatoms. The summed E-state index contributed by atoms with van der Waals surface area (Å²) >= 11 is 0. The number of fused-ring (bicyclic) bond motifs is 2. The van der Waals surface area contributed by atoms with Gasteiger partial charge in [0.2, 0.25) is 5.91 Å². The predicted octanol–water partition coefficient (Wildman–Crippen LogP) is 1.01. The Kier molecular flexibility index (Phi) is 1.91. The summed E-state index contributed by atoms with van der Waals surface area (Å²) in [6, 6.07) is -0.705. The molecule has 1 saturated carbocycles. The van der Waals surface area contributed by atoms with Crippen molar-refractivity contribution in [3.05, 3.63) is 0 Å². The summed E-state index contributed by atoms with van der Waals surface area (Å²) in [6.45, 7) is 5.97. The third-order valence-corrected chi connectivity index (χ3v) is 4.76. The van der Waals surface area contributed by atoms with Crippen LogP contribution in [0, 0.1) is 16.7 Å². The van der Waals surface area contributed by atoms with Gasteiger partial charge in [-0.15, -0.1) is 0 Å². The lowest BCUT2D eigenvalue weighted by molar-refractivity contribution is -0.154. The predicted molar refractivity (Wildman–Crippen MR) is 54.2 cm³/mol. The van der Waals surface area contributed by atoms with Gasteiger partial charge in [0.05, 0.1) is 5.41 Å². The Morgan fingerprint density at radius 2 is 2.07 bits per heavy atom. The monoisotopic (exact) mass is 211 g/mol. The highest BCUT2D eigenvalue weighted by atomic mass is 16.4. The highest BCUT2D eigenvalue weighted by Gasteiger charge is 2.62. The van der Waals surface area contributed by atoms with E-state index in [1.165, 1.54) is 0 Å². The Hall–Kier alpha value is -1.06. The first-order valence-corrected chi connectivity index (χ1v) is 5.34. The molecule has 3 atom stereocenters. The van der Waals surface area contributed by atoms with Gasteiger partial charge in [0, 0.05) is 0 Å². The third kappa shape index (κ3) is 1.08. The maximum Gasteiger partial charge on any atom is 0.326 e. The second-order valence-electron chi connectivity index (χ2n) is 5.49. The third-order valence-electron chi connectivity index (χ3n) is 4.76. The van der Waals surface area contributed by atoms with Gasteiger partial charge in [0.15, 0.2) is 0 Å². The van der Waals surface area contributed by atoms with Crippen LogP contribution >= 0.6 is 0 Å². The molecule has 0 aromatic carbocycles. The minimum atomic E-state index is -0.912. The zero-order chi connectivity index (χ0) is 11.4. The van der Waals surface area contributed by atoms with Gasteiger partial charge >= 0.3 is 5.97 Å². The molecule has 4 nitrogen and oxygen atoms in total. The highest BCUT2D eigenvalue weighted by molar-refractivity contribution is 5.90. The number of hydrogen-bond donors (Lipinski definition) is 2. The molecule has 2 bridgehead atoms. The van der Waals surface area contributed by atoms with Gasteiger partial charge in [-0.3, -0.25) is 4.79 Å². The molecule has 2 fully saturated rings. The lowest BCUT2D eigenvalue weighted by Crippen LogP contribution is -2.61. The van der Waals surface area contributed by atoms with Crippen molar-refractivity contribution >= 4 is 11.9 Å². The van der Waals surface area contributed by atoms with E-state index in [1.54, 1.807) is 0 Å². The van der Waals surface area contributed by atoms with Gasteiger partial charge in [0.1, 0.15) is 6.04 Å². The fourth-order valence-electron chi connectivity index (χ4n) is 3.16. The number of carbonyl (C=O) groups excluding carboxylic acids is 1. The van der Waals surface area contributed by atoms with Crippen LogP contribution in [0.15, 0.2) is 0 Å². The van der Waals surface area contributed by atoms with Crippen LogP contribution in [0.1, 0.15) is 33.6 Å². The SMILES string of the molecule is CC1(C)[C@H]2CC[C@]1(C)C(=O)N[C@H]2C(=O)O. The number of carboxylic acids is 1. The quantitative estimate of drug-likeness (QED) is 0.680. The Labute approximate surface area is 89.0 Å². The smallest absolute Gasteiger partial charge is 0.326 e. The number of piperidine rings is 1. The Morgan fingerprint density at radius 1 is 1.47 bits per heavy atom. The van der Waals surface area contributed by atoms with Crippen molar-refractivity contribution in [2.75, 3.05) is 0 Å². The van der Waals surface area contributed by atoms with Crippen molar-refractivity contribution < 1.29 is 14.7 Å². The average molecular weight is 211 g/mol. The van der Waals surface area contributed by atoms with Crippen LogP contribution in [0.25, 0.3) is 0 Å². The van der Waals surface area contributed by atoms with Gasteiger partial charge in [-0.25, -0.2) is 4.79 Å². The molecule has 15 heavy (non-hydrogen) atoms. The summed E-state index contributed by atoms with van der Waals surface area (Å²) in [5.41, 5.74) is -0.623. The van der Waals surface area contributed by atoms with Gasteiger partial charge in [-0.2, -0.15) is 0 Å². The van der Waals surface area contributed by atoms with Crippen molar-refractivity contribution in [1.82, 2.24) is 5.32 Å². The molecule has 1 amide bonds. The minimum Gasteiger partial charge on any atom is -0.480 e. The summed E-state index contributed by atoms with van der Waals surface area (Å²) in [5.74, 6) is -0.961. The summed E-state index contributed by atoms with van der Waals surface area (Å²) in [7, 11) is 0. The zero-order valence-corrected chi connectivity index (χ0v) is 9.33. The number of carboxylic acid groups (broad SMARTS) is 1. The van der Waals surface area contributed by atoms with Crippen LogP contribution in [0.5, 0.6) is 0 Å². The average Bonchev–Trinajstić information content (AvgIpc) is 2.29. The molecule has 1 aliphatic heterocycles. The molecule has 2 rings (SSSR count). The number of amides is 1. The molecule has 2 N–H and O–H groups in total. The maximum atomic E-state index is 11.9. The molecule has 1 saturated heterocycles. The van der Waals surface area contributed by atoms with Gasteiger partial charge in [-0.05, 0) is 24.2 Å². The molecule has 0 spiro atoms. The van der Waals surface area contributed by atoms with Crippen LogP contribution in [0.3, 0.4) is 0 Å². The minimum absolute atomic E-state index is 0.0534. The Morgan fingerprint density at radius 3 is 2.60 bits per heavy atom. The maximum absolute atomic E-state index is 11.9. The molecule has 0 unspecified atom stereocenters. The fourth-order valence-corrected chi connectivity index (χ4v) is 3.16. The number of carbonyl (C=O) groups is 2. The van der Waals surface area contributed by atoms with E-state index in [-0.39, 0.29) is 17.2 Å². The van der Waals surface area contributed by atoms with Crippen LogP contribution in [-0.4, -0.2) is 23.0 Å². The van der Waals surface area contributed by atoms with Gasteiger partial charge in [-0.1, -0.05) is 20.8 Å². The number of nitrogens with one attached hydrogen (secondary N) is 1. The summed E-state index contributed by atoms with van der Waals surface area (Å²) in [5, 5.41) is 11.7. The standard InChI is InChI=1S/C11H17NO3/c1-10(2)6-4-5-11(10,3)9(15)12-7(6)8(13)14/h6-7H,4-5H2,1-3H3,(H,12,15)(H,13,14)/t6-,7+,11+/m0/s1. The van der Waals surface area contributed by atoms with Crippen LogP contribution in [0.4, 0.5) is 0 Å². The van der Waals surface area contributed by atoms with E-state index in [0.717, 1.165) is 12.8 Å². The zero-order valence-electron chi connectivity index (χ0n) is 9.33. The first-order chi connectivity index (χ1) is 6.80. The Bertz CT molecular complexity index is 337. The molecule has 0 aromatic heterocycles. The van der Waals surface area contributed by atoms with Crippen molar-refractivity contribution in [1.29, 1.82) is 0 Å². The lowest BCUT2D eigenvalue weighted by atomic mass is 9.61. The van der Waals surface area contributed by atoms with E-state index in [4.69, 9.17) is 5.11 Å². The van der Waals surface area contributed by atoms with Crippen LogP contribution < -0.4 is 5.32 Å². The van der Waals surface area contributed by atoms with Crippen LogP contribution in [0.2, 0.25) is 0 Å². The van der Waals surface area contributed by atoms with E-state index in [2.05, 4.69) is 5.32 Å². The Balaban J connectivity index is 2.44. The normalized spacial score (nSPS) is 42.5. The van der Waals surface area contributed by atoms with E-state index in [0.29, 0.717) is 0 Å². The van der Waals surface area contributed by atoms with E-state index < -0.39 is 17.4 Å². The number of rotatable bonds is 1. The second-order valence-corrected chi connectivity index (χ2v) is 5.49. The second kappa shape index (κ2) is 2.74. The first-order valence-electron chi connectivity index (χ1n) is 5.34. The summed E-state index contributed by atoms with van der Waals surface area (Å²) in [4.78, 5) is 23.0. The van der Waals surface area contributed by atoms with Gasteiger partial charge < -0.3 is 10.4 Å². The van der Waals surface area contributed by atoms with E-state index >= 15 is 0 Å². The molecular weight excluding hydrogens is 194 g/mol. The lowest BCUT2D eigenvalue weighted by Gasteiger charge is -2.47. The number of hydrogen-bond acceptors (Lipinski definition) is 2. The van der Waals surface area contributed by atoms with E-state index in [1.807, 2.05) is 20.8 Å². The van der Waals surface area contributed by atoms with Gasteiger partial charge in [0.25, 0.3) is 0 Å². The molecule has 0 aromatic rings. The number of aliphatic carboxylic acids is 1. The largest absolute Gasteiger partial charge is 0.480 e. The molecule has 1 heterocycles. The molecule has 2 aliphatic rings. The van der Waals surface area contributed by atoms with Crippen molar-refractivity contribution in [3.63, 3.8) is 0 Å². The molecule has 1 aliphatic carbocycles. The van der Waals surface area contributed by atoms with Crippen molar-refractivity contribution in [2.45, 2.75) is 39.7 Å². The van der Waals surface area contributed by atoms with Crippen LogP contribution in [-0.2, 0) is 9.59 Å². The van der Waals surface area contributed by atoms with Crippen molar-refractivity contribution in [2.24, 2.45) is 16.7 Å². The van der Waals surface area contributed by atoms with Crippen molar-refractivity contribution in [3.8, 4) is 0 Å². The summed E-state index contributed by atoms with van der Waals surface area (Å²) < 4.78 is 0. The summed E-state index contributed by atoms with van der Waals surface area (Å²) in [6.07, 6.45) is 1.61. The fraction of sp³-hybridized carbons (Fsp3) is 0.818. The highest BCUT2D eigenvalue weighted by Crippen LogP contribution is 2.59. The molecule has 84 valence electrons.